The van der Waals surface area contributed by atoms with Gasteiger partial charge in [-0.3, -0.25) is 4.79 Å². The molecule has 0 bridgehead atoms. The summed E-state index contributed by atoms with van der Waals surface area (Å²) in [6.45, 7) is 9.45. The molecule has 0 saturated heterocycles. The van der Waals surface area contributed by atoms with Crippen molar-refractivity contribution in [1.29, 1.82) is 0 Å². The molecular weight excluding hydrogens is 456 g/mol. The molecule has 35 heavy (non-hydrogen) atoms. The number of nitrogens with zero attached hydrogens (tertiary/aromatic N) is 1. The molecule has 1 N–H and O–H groups in total. The topological polar surface area (TPSA) is 59.9 Å². The van der Waals surface area contributed by atoms with Gasteiger partial charge in [0, 0.05) is 16.7 Å². The van der Waals surface area contributed by atoms with Crippen molar-refractivity contribution < 1.29 is 14.3 Å². The first-order valence-corrected chi connectivity index (χ1v) is 13.0. The zero-order valence-corrected chi connectivity index (χ0v) is 22.0. The first kappa shape index (κ1) is 25.0. The predicted molar refractivity (Wildman–Crippen MR) is 145 cm³/mol. The molecule has 1 aliphatic rings. The van der Waals surface area contributed by atoms with Gasteiger partial charge in [0.25, 0.3) is 5.91 Å². The Morgan fingerprint density at radius 2 is 1.86 bits per heavy atom. The van der Waals surface area contributed by atoms with E-state index in [4.69, 9.17) is 14.5 Å². The molecule has 1 amide bonds. The summed E-state index contributed by atoms with van der Waals surface area (Å²) in [5.41, 5.74) is 3.58. The van der Waals surface area contributed by atoms with Crippen molar-refractivity contribution in [2.24, 2.45) is 16.3 Å². The molecule has 1 heterocycles. The molecule has 2 aromatic carbocycles. The Balaban J connectivity index is 1.73. The second kappa shape index (κ2) is 10.6. The Morgan fingerprint density at radius 3 is 2.57 bits per heavy atom. The van der Waals surface area contributed by atoms with E-state index in [0.29, 0.717) is 29.5 Å². The van der Waals surface area contributed by atoms with Crippen LogP contribution < -0.4 is 14.8 Å². The highest BCUT2D eigenvalue weighted by Gasteiger charge is 2.33. The lowest BCUT2D eigenvalue weighted by atomic mass is 9.72. The molecule has 1 aliphatic carbocycles. The third-order valence-corrected chi connectivity index (χ3v) is 7.76. The van der Waals surface area contributed by atoms with Gasteiger partial charge in [0.1, 0.15) is 16.5 Å². The number of benzene rings is 2. The van der Waals surface area contributed by atoms with E-state index in [9.17, 15) is 4.79 Å². The van der Waals surface area contributed by atoms with Crippen LogP contribution in [0.15, 0.2) is 53.5 Å². The minimum Gasteiger partial charge on any atom is -0.495 e. The van der Waals surface area contributed by atoms with E-state index >= 15 is 0 Å². The summed E-state index contributed by atoms with van der Waals surface area (Å²) in [6, 6.07) is 15.3. The first-order valence-electron chi connectivity index (χ1n) is 12.2. The van der Waals surface area contributed by atoms with E-state index in [2.05, 4.69) is 26.1 Å². The quantitative estimate of drug-likeness (QED) is 0.353. The van der Waals surface area contributed by atoms with Crippen LogP contribution in [0.2, 0.25) is 0 Å². The smallest absolute Gasteiger partial charge is 0.259 e. The largest absolute Gasteiger partial charge is 0.495 e. The van der Waals surface area contributed by atoms with Gasteiger partial charge in [-0.15, -0.1) is 11.3 Å². The van der Waals surface area contributed by atoms with E-state index < -0.39 is 0 Å². The fourth-order valence-electron chi connectivity index (χ4n) is 4.57. The lowest BCUT2D eigenvalue weighted by Gasteiger charge is -2.33. The van der Waals surface area contributed by atoms with Crippen molar-refractivity contribution in [2.75, 3.05) is 19.0 Å². The number of amides is 1. The number of methoxy groups -OCH3 is 1. The van der Waals surface area contributed by atoms with Crippen LogP contribution >= 0.6 is 11.3 Å². The molecule has 1 atom stereocenters. The maximum absolute atomic E-state index is 13.6. The SMILES string of the molecule is CCOc1ccccc1C=Nc1sc2c(c1C(=O)Nc1ccccc1OC)CCC(C(C)(C)C)C2. The Hall–Kier alpha value is -3.12. The third kappa shape index (κ3) is 5.59. The van der Waals surface area contributed by atoms with E-state index in [1.165, 1.54) is 4.88 Å². The Bertz CT molecular complexity index is 1220. The van der Waals surface area contributed by atoms with Gasteiger partial charge in [0.05, 0.1) is 25.0 Å². The number of anilines is 1. The summed E-state index contributed by atoms with van der Waals surface area (Å²) in [7, 11) is 1.61. The molecule has 0 spiro atoms. The van der Waals surface area contributed by atoms with Crippen molar-refractivity contribution in [2.45, 2.75) is 47.0 Å². The van der Waals surface area contributed by atoms with Crippen LogP contribution in [0.3, 0.4) is 0 Å². The Kier molecular flexibility index (Phi) is 7.60. The fourth-order valence-corrected chi connectivity index (χ4v) is 5.84. The second-order valence-electron chi connectivity index (χ2n) is 9.87. The highest BCUT2D eigenvalue weighted by atomic mass is 32.1. The number of thiophene rings is 1. The van der Waals surface area contributed by atoms with Crippen LogP contribution in [0.1, 0.15) is 60.5 Å². The summed E-state index contributed by atoms with van der Waals surface area (Å²) in [5, 5.41) is 3.81. The number of para-hydroxylation sites is 3. The molecular formula is C29H34N2O3S. The van der Waals surface area contributed by atoms with Crippen molar-refractivity contribution in [3.05, 3.63) is 70.1 Å². The van der Waals surface area contributed by atoms with Crippen LogP contribution in [0.25, 0.3) is 0 Å². The zero-order valence-electron chi connectivity index (χ0n) is 21.2. The number of aliphatic imine (C=N–C) groups is 1. The highest BCUT2D eigenvalue weighted by molar-refractivity contribution is 7.16. The summed E-state index contributed by atoms with van der Waals surface area (Å²) in [5.74, 6) is 1.85. The molecule has 3 aromatic rings. The summed E-state index contributed by atoms with van der Waals surface area (Å²) in [6.07, 6.45) is 4.74. The number of nitrogens with one attached hydrogen (secondary N) is 1. The minimum atomic E-state index is -0.147. The van der Waals surface area contributed by atoms with Gasteiger partial charge in [0.15, 0.2) is 0 Å². The Morgan fingerprint density at radius 1 is 1.14 bits per heavy atom. The normalized spacial score (nSPS) is 15.6. The molecule has 0 radical (unpaired) electrons. The lowest BCUT2D eigenvalue weighted by molar-refractivity contribution is 0.102. The van der Waals surface area contributed by atoms with Crippen LogP contribution in [0.5, 0.6) is 11.5 Å². The van der Waals surface area contributed by atoms with Gasteiger partial charge in [-0.25, -0.2) is 4.99 Å². The third-order valence-electron chi connectivity index (χ3n) is 6.59. The number of fused-ring (bicyclic) bond motifs is 1. The number of rotatable bonds is 7. The number of carbonyl (C=O) groups excluding carboxylic acids is 1. The lowest BCUT2D eigenvalue weighted by Crippen LogP contribution is -2.27. The van der Waals surface area contributed by atoms with Gasteiger partial charge in [-0.2, -0.15) is 0 Å². The van der Waals surface area contributed by atoms with Crippen LogP contribution in [0, 0.1) is 11.3 Å². The van der Waals surface area contributed by atoms with Crippen LogP contribution in [0.4, 0.5) is 10.7 Å². The molecule has 184 valence electrons. The molecule has 1 aromatic heterocycles. The molecule has 4 rings (SSSR count). The van der Waals surface area contributed by atoms with Crippen LogP contribution in [-0.4, -0.2) is 25.8 Å². The average Bonchev–Trinajstić information content (AvgIpc) is 3.21. The van der Waals surface area contributed by atoms with Crippen LogP contribution in [-0.2, 0) is 12.8 Å². The molecule has 0 aliphatic heterocycles. The molecule has 0 saturated carbocycles. The van der Waals surface area contributed by atoms with Gasteiger partial charge in [-0.05, 0) is 67.3 Å². The summed E-state index contributed by atoms with van der Waals surface area (Å²) in [4.78, 5) is 19.7. The zero-order chi connectivity index (χ0) is 25.0. The van der Waals surface area contributed by atoms with Crippen molar-refractivity contribution >= 4 is 34.1 Å². The summed E-state index contributed by atoms with van der Waals surface area (Å²) < 4.78 is 11.2. The van der Waals surface area contributed by atoms with Gasteiger partial charge >= 0.3 is 0 Å². The number of hydrogen-bond donors (Lipinski definition) is 1. The van der Waals surface area contributed by atoms with Crippen molar-refractivity contribution in [3.63, 3.8) is 0 Å². The number of hydrogen-bond acceptors (Lipinski definition) is 5. The highest BCUT2D eigenvalue weighted by Crippen LogP contribution is 2.45. The summed E-state index contributed by atoms with van der Waals surface area (Å²) >= 11 is 1.64. The minimum absolute atomic E-state index is 0.147. The van der Waals surface area contributed by atoms with Gasteiger partial charge in [-0.1, -0.05) is 45.0 Å². The predicted octanol–water partition coefficient (Wildman–Crippen LogP) is 7.31. The maximum Gasteiger partial charge on any atom is 0.259 e. The van der Waals surface area contributed by atoms with Crippen molar-refractivity contribution in [3.8, 4) is 11.5 Å². The standard InChI is InChI=1S/C29H34N2O3S/c1-6-34-23-13-9-7-11-19(23)18-30-28-26(27(32)31-22-12-8-10-14-24(22)33-5)21-16-15-20(29(2,3)4)17-25(21)35-28/h7-14,18,20H,6,15-17H2,1-5H3,(H,31,32). The monoisotopic (exact) mass is 490 g/mol. The Labute approximate surface area is 212 Å². The average molecular weight is 491 g/mol. The molecule has 0 fully saturated rings. The van der Waals surface area contributed by atoms with E-state index in [0.717, 1.165) is 41.1 Å². The van der Waals surface area contributed by atoms with E-state index in [1.54, 1.807) is 18.4 Å². The van der Waals surface area contributed by atoms with Crippen molar-refractivity contribution in [1.82, 2.24) is 0 Å². The van der Waals surface area contributed by atoms with Gasteiger partial charge in [0.2, 0.25) is 0 Å². The fraction of sp³-hybridized carbons (Fsp3) is 0.379. The van der Waals surface area contributed by atoms with E-state index in [-0.39, 0.29) is 11.3 Å². The second-order valence-corrected chi connectivity index (χ2v) is 11.0. The number of carbonyl (C=O) groups is 1. The van der Waals surface area contributed by atoms with E-state index in [1.807, 2.05) is 61.7 Å². The molecule has 6 heteroatoms. The molecule has 1 unspecified atom stereocenters. The maximum atomic E-state index is 13.6. The first-order chi connectivity index (χ1) is 16.8. The van der Waals surface area contributed by atoms with Gasteiger partial charge < -0.3 is 14.8 Å². The number of ether oxygens (including phenoxy) is 2. The molecule has 5 nitrogen and oxygen atoms in total.